The summed E-state index contributed by atoms with van der Waals surface area (Å²) in [5.41, 5.74) is 4.16. The lowest BCUT2D eigenvalue weighted by molar-refractivity contribution is 0.253. The van der Waals surface area contributed by atoms with Crippen molar-refractivity contribution in [3.63, 3.8) is 0 Å². The van der Waals surface area contributed by atoms with E-state index in [9.17, 15) is 4.39 Å². The molecule has 3 rings (SSSR count). The highest BCUT2D eigenvalue weighted by Gasteiger charge is 2.20. The second-order valence-corrected chi connectivity index (χ2v) is 8.87. The first-order chi connectivity index (χ1) is 13.7. The summed E-state index contributed by atoms with van der Waals surface area (Å²) in [7, 11) is 0. The summed E-state index contributed by atoms with van der Waals surface area (Å²) in [6, 6.07) is 16.5. The van der Waals surface area contributed by atoms with Crippen molar-refractivity contribution in [2.75, 3.05) is 0 Å². The molecule has 0 nitrogen and oxygen atoms in total. The van der Waals surface area contributed by atoms with Crippen molar-refractivity contribution in [3.8, 4) is 0 Å². The van der Waals surface area contributed by atoms with Gasteiger partial charge in [0.15, 0.2) is 0 Å². The van der Waals surface area contributed by atoms with Crippen LogP contribution in [0, 0.1) is 17.7 Å². The molecule has 0 amide bonds. The largest absolute Gasteiger partial charge is 0.207 e. The zero-order valence-corrected chi connectivity index (χ0v) is 17.6. The molecule has 0 spiro atoms. The van der Waals surface area contributed by atoms with E-state index in [-0.39, 0.29) is 5.82 Å². The van der Waals surface area contributed by atoms with E-state index in [4.69, 9.17) is 0 Å². The average Bonchev–Trinajstić information content (AvgIpc) is 2.73. The molecule has 0 unspecified atom stereocenters. The standard InChI is InChI=1S/C27H37F/c1-2-3-4-6-22-9-11-23(12-10-22)13-14-24-15-17-25(18-16-24)19-20-26-7-5-8-27(28)21-26/h5,7-12,21,24-25H,2-4,6,13-20H2,1H3. The molecule has 1 fully saturated rings. The first kappa shape index (κ1) is 21.1. The zero-order valence-electron chi connectivity index (χ0n) is 17.6. The van der Waals surface area contributed by atoms with Crippen LogP contribution in [0.1, 0.15) is 81.4 Å². The minimum absolute atomic E-state index is 0.102. The monoisotopic (exact) mass is 380 g/mol. The molecule has 1 aliphatic carbocycles. The third-order valence-corrected chi connectivity index (χ3v) is 6.63. The Hall–Kier alpha value is -1.63. The van der Waals surface area contributed by atoms with Gasteiger partial charge in [-0.3, -0.25) is 0 Å². The molecule has 1 saturated carbocycles. The van der Waals surface area contributed by atoms with Crippen molar-refractivity contribution in [1.82, 2.24) is 0 Å². The van der Waals surface area contributed by atoms with Crippen molar-refractivity contribution in [2.24, 2.45) is 11.8 Å². The van der Waals surface area contributed by atoms with E-state index in [2.05, 4.69) is 37.3 Å². The van der Waals surface area contributed by atoms with Crippen LogP contribution in [-0.4, -0.2) is 0 Å². The Bertz CT molecular complexity index is 680. The minimum atomic E-state index is -0.102. The van der Waals surface area contributed by atoms with Gasteiger partial charge in [0.1, 0.15) is 5.82 Å². The molecule has 2 aromatic rings. The highest BCUT2D eigenvalue weighted by molar-refractivity contribution is 5.22. The van der Waals surface area contributed by atoms with Gasteiger partial charge in [-0.25, -0.2) is 4.39 Å². The van der Waals surface area contributed by atoms with Crippen molar-refractivity contribution in [2.45, 2.75) is 84.0 Å². The van der Waals surface area contributed by atoms with E-state index in [0.29, 0.717) is 0 Å². The van der Waals surface area contributed by atoms with Crippen LogP contribution in [0.5, 0.6) is 0 Å². The highest BCUT2D eigenvalue weighted by Crippen LogP contribution is 2.34. The molecule has 152 valence electrons. The summed E-state index contributed by atoms with van der Waals surface area (Å²) >= 11 is 0. The van der Waals surface area contributed by atoms with Gasteiger partial charge in [0.2, 0.25) is 0 Å². The zero-order chi connectivity index (χ0) is 19.6. The fraction of sp³-hybridized carbons (Fsp3) is 0.556. The number of hydrogen-bond acceptors (Lipinski definition) is 0. The van der Waals surface area contributed by atoms with Crippen molar-refractivity contribution >= 4 is 0 Å². The van der Waals surface area contributed by atoms with Gasteiger partial charge in [-0.05, 0) is 79.2 Å². The molecule has 0 atom stereocenters. The second-order valence-electron chi connectivity index (χ2n) is 8.87. The molecular weight excluding hydrogens is 343 g/mol. The highest BCUT2D eigenvalue weighted by atomic mass is 19.1. The van der Waals surface area contributed by atoms with Gasteiger partial charge < -0.3 is 0 Å². The minimum Gasteiger partial charge on any atom is -0.207 e. The number of unbranched alkanes of at least 4 members (excludes halogenated alkanes) is 2. The van der Waals surface area contributed by atoms with Gasteiger partial charge in [0.05, 0.1) is 0 Å². The topological polar surface area (TPSA) is 0 Å². The van der Waals surface area contributed by atoms with Crippen LogP contribution in [-0.2, 0) is 19.3 Å². The molecule has 1 heteroatoms. The summed E-state index contributed by atoms with van der Waals surface area (Å²) in [6.45, 7) is 2.26. The molecule has 0 heterocycles. The number of benzene rings is 2. The maximum Gasteiger partial charge on any atom is 0.123 e. The number of aryl methyl sites for hydroxylation is 3. The van der Waals surface area contributed by atoms with E-state index >= 15 is 0 Å². The molecule has 0 radical (unpaired) electrons. The second kappa shape index (κ2) is 11.4. The van der Waals surface area contributed by atoms with Gasteiger partial charge in [0.25, 0.3) is 0 Å². The predicted octanol–water partition coefficient (Wildman–Crippen LogP) is 7.93. The number of hydrogen-bond donors (Lipinski definition) is 0. The lowest BCUT2D eigenvalue weighted by Crippen LogP contribution is -2.15. The summed E-state index contributed by atoms with van der Waals surface area (Å²) in [5.74, 6) is 1.63. The maximum atomic E-state index is 13.3. The van der Waals surface area contributed by atoms with E-state index in [1.54, 1.807) is 6.07 Å². The molecule has 0 aromatic heterocycles. The Morgan fingerprint density at radius 1 is 0.714 bits per heavy atom. The SMILES string of the molecule is CCCCCc1ccc(CCC2CCC(CCc3cccc(F)c3)CC2)cc1. The third-order valence-electron chi connectivity index (χ3n) is 6.63. The van der Waals surface area contributed by atoms with Crippen molar-refractivity contribution in [3.05, 3.63) is 71.0 Å². The number of rotatable bonds is 10. The maximum absolute atomic E-state index is 13.3. The molecule has 0 bridgehead atoms. The van der Waals surface area contributed by atoms with Gasteiger partial charge in [-0.15, -0.1) is 0 Å². The first-order valence-electron chi connectivity index (χ1n) is 11.5. The van der Waals surface area contributed by atoms with E-state index < -0.39 is 0 Å². The Balaban J connectivity index is 1.33. The van der Waals surface area contributed by atoms with Crippen molar-refractivity contribution in [1.29, 1.82) is 0 Å². The van der Waals surface area contributed by atoms with Gasteiger partial charge >= 0.3 is 0 Å². The Labute approximate surface area is 171 Å². The summed E-state index contributed by atoms with van der Waals surface area (Å²) in [6.07, 6.45) is 15.5. The van der Waals surface area contributed by atoms with Crippen LogP contribution in [0.4, 0.5) is 4.39 Å². The summed E-state index contributed by atoms with van der Waals surface area (Å²) in [5, 5.41) is 0. The summed E-state index contributed by atoms with van der Waals surface area (Å²) < 4.78 is 13.3. The van der Waals surface area contributed by atoms with Gasteiger partial charge in [-0.1, -0.05) is 81.8 Å². The van der Waals surface area contributed by atoms with E-state index in [1.807, 2.05) is 6.07 Å². The Morgan fingerprint density at radius 2 is 1.29 bits per heavy atom. The lowest BCUT2D eigenvalue weighted by Gasteiger charge is -2.28. The van der Waals surface area contributed by atoms with Gasteiger partial charge in [0, 0.05) is 0 Å². The Kier molecular flexibility index (Phi) is 8.58. The van der Waals surface area contributed by atoms with Crippen LogP contribution in [0.15, 0.2) is 48.5 Å². The van der Waals surface area contributed by atoms with Crippen LogP contribution in [0.25, 0.3) is 0 Å². The predicted molar refractivity (Wildman–Crippen MR) is 118 cm³/mol. The first-order valence-corrected chi connectivity index (χ1v) is 11.5. The van der Waals surface area contributed by atoms with Crippen LogP contribution in [0.2, 0.25) is 0 Å². The average molecular weight is 381 g/mol. The molecule has 28 heavy (non-hydrogen) atoms. The van der Waals surface area contributed by atoms with E-state index in [1.165, 1.54) is 87.8 Å². The lowest BCUT2D eigenvalue weighted by atomic mass is 9.77. The Morgan fingerprint density at radius 3 is 1.86 bits per heavy atom. The normalized spacial score (nSPS) is 19.6. The summed E-state index contributed by atoms with van der Waals surface area (Å²) in [4.78, 5) is 0. The van der Waals surface area contributed by atoms with Crippen LogP contribution >= 0.6 is 0 Å². The molecule has 2 aromatic carbocycles. The van der Waals surface area contributed by atoms with Crippen LogP contribution < -0.4 is 0 Å². The number of halogens is 1. The van der Waals surface area contributed by atoms with Crippen molar-refractivity contribution < 1.29 is 4.39 Å². The fourth-order valence-corrected chi connectivity index (χ4v) is 4.69. The smallest absolute Gasteiger partial charge is 0.123 e. The molecule has 1 aliphatic rings. The van der Waals surface area contributed by atoms with Gasteiger partial charge in [-0.2, -0.15) is 0 Å². The fourth-order valence-electron chi connectivity index (χ4n) is 4.69. The van der Waals surface area contributed by atoms with Crippen LogP contribution in [0.3, 0.4) is 0 Å². The third kappa shape index (κ3) is 7.08. The molecule has 0 N–H and O–H groups in total. The molecule has 0 aliphatic heterocycles. The quantitative estimate of drug-likeness (QED) is 0.367. The molecule has 0 saturated heterocycles. The molecular formula is C27H37F. The van der Waals surface area contributed by atoms with E-state index in [0.717, 1.165) is 23.8 Å².